The Labute approximate surface area is 198 Å². The summed E-state index contributed by atoms with van der Waals surface area (Å²) in [6.07, 6.45) is -13.1. The molecule has 2 aromatic heterocycles. The van der Waals surface area contributed by atoms with Crippen LogP contribution in [0.15, 0.2) is 43.7 Å². The van der Waals surface area contributed by atoms with E-state index >= 15 is 0 Å². The molecule has 4 heterocycles. The molecule has 7 N–H and O–H groups in total. The number of aliphatic hydroxyl groups is 5. The van der Waals surface area contributed by atoms with E-state index in [4.69, 9.17) is 14.2 Å². The lowest BCUT2D eigenvalue weighted by molar-refractivity contribution is -0.172. The van der Waals surface area contributed by atoms with E-state index in [1.165, 1.54) is 0 Å². The average molecular weight is 514 g/mol. The summed E-state index contributed by atoms with van der Waals surface area (Å²) in [5.41, 5.74) is -3.32. The lowest BCUT2D eigenvalue weighted by Crippen LogP contribution is -2.44. The van der Waals surface area contributed by atoms with Gasteiger partial charge in [-0.25, -0.2) is 14.4 Å². The van der Waals surface area contributed by atoms with Crippen LogP contribution in [0.5, 0.6) is 0 Å². The number of hydrogen-bond acceptors (Lipinski definition) is 13. The number of nitrogens with zero attached hydrogens (tertiary/aromatic N) is 2. The summed E-state index contributed by atoms with van der Waals surface area (Å²) in [4.78, 5) is 62.6. The van der Waals surface area contributed by atoms with E-state index in [9.17, 15) is 49.5 Å². The molecule has 196 valence electrons. The van der Waals surface area contributed by atoms with Gasteiger partial charge in [0.1, 0.15) is 43.2 Å². The summed E-state index contributed by atoms with van der Waals surface area (Å²) < 4.78 is 17.1. The SMILES string of the molecule is O=C(OC[C@@H]1O[C@H](n2ccc(=O)[nH]c2=O)C(O)C1O)C(O)[C@@H]1O[C@H](n2ccc(=O)[nH]c2=O)C(O)C1O. The number of hydrogen-bond donors (Lipinski definition) is 7. The molecular formula is C19H22N4O13. The van der Waals surface area contributed by atoms with Gasteiger partial charge in [-0.05, 0) is 0 Å². The van der Waals surface area contributed by atoms with Gasteiger partial charge in [0.15, 0.2) is 18.6 Å². The van der Waals surface area contributed by atoms with Gasteiger partial charge in [-0.3, -0.25) is 28.7 Å². The van der Waals surface area contributed by atoms with Crippen LogP contribution in [0, 0.1) is 0 Å². The normalized spacial score (nSPS) is 32.9. The summed E-state index contributed by atoms with van der Waals surface area (Å²) >= 11 is 0. The first-order valence-corrected chi connectivity index (χ1v) is 10.5. The maximum atomic E-state index is 12.4. The Morgan fingerprint density at radius 3 is 1.89 bits per heavy atom. The van der Waals surface area contributed by atoms with Crippen LogP contribution in [0.3, 0.4) is 0 Å². The number of ether oxygens (including phenoxy) is 3. The second-order valence-electron chi connectivity index (χ2n) is 8.13. The number of nitrogens with one attached hydrogen (secondary N) is 2. The second-order valence-corrected chi connectivity index (χ2v) is 8.13. The highest BCUT2D eigenvalue weighted by Crippen LogP contribution is 2.31. The number of carbonyl (C=O) groups excluding carboxylic acids is 1. The third-order valence-electron chi connectivity index (χ3n) is 5.81. The van der Waals surface area contributed by atoms with E-state index in [1.807, 2.05) is 9.97 Å². The first kappa shape index (κ1) is 25.6. The Hall–Kier alpha value is -3.45. The van der Waals surface area contributed by atoms with Gasteiger partial charge in [-0.1, -0.05) is 0 Å². The van der Waals surface area contributed by atoms with Crippen molar-refractivity contribution in [1.29, 1.82) is 0 Å². The molecular weight excluding hydrogens is 492 g/mol. The van der Waals surface area contributed by atoms with E-state index in [0.717, 1.165) is 33.7 Å². The molecule has 0 amide bonds. The number of aliphatic hydroxyl groups excluding tert-OH is 5. The number of aromatic amines is 2. The molecule has 17 heteroatoms. The van der Waals surface area contributed by atoms with E-state index < -0.39 is 90.3 Å². The predicted molar refractivity (Wildman–Crippen MR) is 111 cm³/mol. The quantitative estimate of drug-likeness (QED) is 0.178. The molecule has 2 saturated heterocycles. The van der Waals surface area contributed by atoms with Gasteiger partial charge in [-0.2, -0.15) is 0 Å². The monoisotopic (exact) mass is 514 g/mol. The van der Waals surface area contributed by atoms with Crippen molar-refractivity contribution in [3.8, 4) is 0 Å². The minimum absolute atomic E-state index is 0.696. The zero-order valence-corrected chi connectivity index (χ0v) is 18.1. The van der Waals surface area contributed by atoms with Gasteiger partial charge in [0, 0.05) is 24.5 Å². The van der Waals surface area contributed by atoms with Crippen LogP contribution in [0.2, 0.25) is 0 Å². The lowest BCUT2D eigenvalue weighted by Gasteiger charge is -2.21. The highest BCUT2D eigenvalue weighted by molar-refractivity contribution is 5.75. The Morgan fingerprint density at radius 2 is 1.36 bits per heavy atom. The maximum Gasteiger partial charge on any atom is 0.337 e. The van der Waals surface area contributed by atoms with Crippen molar-refractivity contribution in [2.45, 2.75) is 55.2 Å². The topological polar surface area (TPSA) is 256 Å². The van der Waals surface area contributed by atoms with Crippen LogP contribution < -0.4 is 22.5 Å². The molecule has 0 bridgehead atoms. The molecule has 2 aromatic rings. The molecule has 0 aromatic carbocycles. The van der Waals surface area contributed by atoms with E-state index in [1.54, 1.807) is 0 Å². The van der Waals surface area contributed by atoms with Crippen LogP contribution >= 0.6 is 0 Å². The Morgan fingerprint density at radius 1 is 0.861 bits per heavy atom. The molecule has 0 aliphatic carbocycles. The van der Waals surface area contributed by atoms with Crippen molar-refractivity contribution in [3.05, 3.63) is 66.2 Å². The van der Waals surface area contributed by atoms with Gasteiger partial charge in [0.2, 0.25) is 0 Å². The van der Waals surface area contributed by atoms with Gasteiger partial charge in [0.05, 0.1) is 0 Å². The van der Waals surface area contributed by atoms with Gasteiger partial charge in [-0.15, -0.1) is 0 Å². The van der Waals surface area contributed by atoms with Gasteiger partial charge in [0.25, 0.3) is 11.1 Å². The van der Waals surface area contributed by atoms with Crippen molar-refractivity contribution in [2.24, 2.45) is 0 Å². The number of esters is 1. The number of H-pyrrole nitrogens is 2. The molecule has 0 spiro atoms. The average Bonchev–Trinajstić information content (AvgIpc) is 3.27. The van der Waals surface area contributed by atoms with Crippen LogP contribution in [0.1, 0.15) is 12.5 Å². The fourth-order valence-corrected chi connectivity index (χ4v) is 3.91. The van der Waals surface area contributed by atoms with Crippen molar-refractivity contribution in [2.75, 3.05) is 6.61 Å². The Kier molecular flexibility index (Phi) is 7.05. The van der Waals surface area contributed by atoms with Crippen LogP contribution in [0.25, 0.3) is 0 Å². The fourth-order valence-electron chi connectivity index (χ4n) is 3.91. The van der Waals surface area contributed by atoms with Crippen molar-refractivity contribution in [3.63, 3.8) is 0 Å². The van der Waals surface area contributed by atoms with E-state index in [0.29, 0.717) is 0 Å². The molecule has 2 fully saturated rings. The van der Waals surface area contributed by atoms with Gasteiger partial charge < -0.3 is 39.7 Å². The summed E-state index contributed by atoms with van der Waals surface area (Å²) in [7, 11) is 0. The highest BCUT2D eigenvalue weighted by atomic mass is 16.6. The predicted octanol–water partition coefficient (Wildman–Crippen LogP) is -5.77. The number of rotatable bonds is 6. The molecule has 9 atom stereocenters. The zero-order valence-electron chi connectivity index (χ0n) is 18.1. The summed E-state index contributed by atoms with van der Waals surface area (Å²) in [5, 5.41) is 51.2. The fraction of sp³-hybridized carbons (Fsp3) is 0.526. The minimum atomic E-state index is -2.17. The Balaban J connectivity index is 1.40. The molecule has 4 rings (SSSR count). The zero-order chi connectivity index (χ0) is 26.3. The number of carbonyl (C=O) groups is 1. The van der Waals surface area contributed by atoms with Crippen molar-refractivity contribution < 1.29 is 44.5 Å². The van der Waals surface area contributed by atoms with Crippen LogP contribution in [0.4, 0.5) is 0 Å². The lowest BCUT2D eigenvalue weighted by atomic mass is 10.1. The van der Waals surface area contributed by atoms with Crippen molar-refractivity contribution >= 4 is 5.97 Å². The van der Waals surface area contributed by atoms with Crippen LogP contribution in [-0.2, 0) is 19.0 Å². The third kappa shape index (κ3) is 4.67. The largest absolute Gasteiger partial charge is 0.461 e. The molecule has 0 saturated carbocycles. The molecule has 5 unspecified atom stereocenters. The Bertz CT molecular complexity index is 1350. The van der Waals surface area contributed by atoms with Crippen LogP contribution in [-0.4, -0.2) is 99.9 Å². The molecule has 2 aliphatic rings. The standard InChI is InChI=1S/C19H22N4O13/c24-7-1-3-22(18(32)20-7)15-11(28)9(26)6(35-15)5-34-17(31)13(30)14-10(27)12(29)16(36-14)23-4-2-8(25)21-19(23)33/h1-4,6,9-16,26-30H,5H2,(H,20,24,32)(H,21,25,33)/t6-,9?,10?,11?,12?,13?,14+,15-,16-/m0/s1. The molecule has 2 aliphatic heterocycles. The summed E-state index contributed by atoms with van der Waals surface area (Å²) in [5.74, 6) is -1.37. The summed E-state index contributed by atoms with van der Waals surface area (Å²) in [6.45, 7) is -0.711. The molecule has 36 heavy (non-hydrogen) atoms. The number of aromatic nitrogens is 4. The maximum absolute atomic E-state index is 12.4. The first-order chi connectivity index (χ1) is 17.0. The van der Waals surface area contributed by atoms with Gasteiger partial charge >= 0.3 is 17.3 Å². The van der Waals surface area contributed by atoms with Crippen molar-refractivity contribution in [1.82, 2.24) is 19.1 Å². The minimum Gasteiger partial charge on any atom is -0.461 e. The van der Waals surface area contributed by atoms with E-state index in [2.05, 4.69) is 0 Å². The molecule has 17 nitrogen and oxygen atoms in total. The van der Waals surface area contributed by atoms with E-state index in [-0.39, 0.29) is 0 Å². The summed E-state index contributed by atoms with van der Waals surface area (Å²) in [6, 6.07) is 1.95. The third-order valence-corrected chi connectivity index (χ3v) is 5.81. The molecule has 0 radical (unpaired) electrons. The highest BCUT2D eigenvalue weighted by Gasteiger charge is 2.50. The smallest absolute Gasteiger partial charge is 0.337 e. The second kappa shape index (κ2) is 9.90. The first-order valence-electron chi connectivity index (χ1n) is 10.5.